The van der Waals surface area contributed by atoms with Gasteiger partial charge < -0.3 is 20.4 Å². The van der Waals surface area contributed by atoms with E-state index < -0.39 is 0 Å². The van der Waals surface area contributed by atoms with E-state index in [1.165, 1.54) is 17.7 Å². The van der Waals surface area contributed by atoms with E-state index in [4.69, 9.17) is 25.4 Å². The van der Waals surface area contributed by atoms with E-state index in [2.05, 4.69) is 68.9 Å². The van der Waals surface area contributed by atoms with Crippen LogP contribution in [-0.4, -0.2) is 52.8 Å². The Balaban J connectivity index is 1.37. The fourth-order valence-corrected chi connectivity index (χ4v) is 5.81. The van der Waals surface area contributed by atoms with E-state index in [0.717, 1.165) is 60.0 Å². The fraction of sp³-hybridized carbons (Fsp3) is 0.500. The molecule has 0 spiro atoms. The number of oxime groups is 1. The maximum atomic E-state index is 8.73. The van der Waals surface area contributed by atoms with Crippen LogP contribution in [0.3, 0.4) is 0 Å². The normalized spacial score (nSPS) is 12.1. The largest absolute Gasteiger partial charge is 0.494 e. The van der Waals surface area contributed by atoms with Gasteiger partial charge in [-0.15, -0.1) is 11.3 Å². The highest BCUT2D eigenvalue weighted by Gasteiger charge is 2.14. The predicted molar refractivity (Wildman–Crippen MR) is 166 cm³/mol. The average molecular weight is 567 g/mol. The van der Waals surface area contributed by atoms with E-state index in [1.807, 2.05) is 23.5 Å². The summed E-state index contributed by atoms with van der Waals surface area (Å²) in [6.45, 7) is 13.7. The minimum Gasteiger partial charge on any atom is -0.494 e. The van der Waals surface area contributed by atoms with E-state index in [0.29, 0.717) is 30.9 Å². The number of amidine groups is 1. The summed E-state index contributed by atoms with van der Waals surface area (Å²) in [6, 6.07) is 16.7. The number of hydrogen-bond acceptors (Lipinski definition) is 7. The summed E-state index contributed by atoms with van der Waals surface area (Å²) in [5, 5.41) is 12.9. The number of benzene rings is 2. The van der Waals surface area contributed by atoms with Crippen molar-refractivity contribution in [2.45, 2.75) is 85.2 Å². The maximum absolute atomic E-state index is 8.73. The molecule has 2 aromatic carbocycles. The topological polar surface area (TPSA) is 93.2 Å². The molecule has 0 aliphatic rings. The molecule has 1 heterocycles. The fourth-order valence-electron chi connectivity index (χ4n) is 4.81. The van der Waals surface area contributed by atoms with E-state index >= 15 is 0 Å². The highest BCUT2D eigenvalue weighted by molar-refractivity contribution is 7.12. The third-order valence-corrected chi connectivity index (χ3v) is 7.94. The molecule has 1 aromatic heterocycles. The molecule has 0 radical (unpaired) electrons. The molecule has 8 heteroatoms. The first-order chi connectivity index (χ1) is 19.3. The van der Waals surface area contributed by atoms with Crippen LogP contribution in [0, 0.1) is 6.92 Å². The van der Waals surface area contributed by atoms with Crippen LogP contribution in [-0.2, 0) is 6.42 Å². The van der Waals surface area contributed by atoms with Crippen molar-refractivity contribution in [1.29, 1.82) is 0 Å². The van der Waals surface area contributed by atoms with Crippen LogP contribution < -0.4 is 15.2 Å². The lowest BCUT2D eigenvalue weighted by Gasteiger charge is -2.30. The van der Waals surface area contributed by atoms with Crippen molar-refractivity contribution in [3.05, 3.63) is 64.0 Å². The van der Waals surface area contributed by atoms with Gasteiger partial charge in [-0.2, -0.15) is 0 Å². The molecule has 0 atom stereocenters. The Kier molecular flexibility index (Phi) is 12.8. The first-order valence-electron chi connectivity index (χ1n) is 14.4. The third-order valence-electron chi connectivity index (χ3n) is 6.91. The first kappa shape index (κ1) is 31.4. The molecule has 0 aliphatic carbocycles. The van der Waals surface area contributed by atoms with Gasteiger partial charge >= 0.3 is 0 Å². The van der Waals surface area contributed by atoms with Crippen molar-refractivity contribution in [3.8, 4) is 22.8 Å². The van der Waals surface area contributed by atoms with Gasteiger partial charge in [0.15, 0.2) is 5.84 Å². The highest BCUT2D eigenvalue weighted by Crippen LogP contribution is 2.30. The molecule has 0 saturated carbocycles. The van der Waals surface area contributed by atoms with Gasteiger partial charge in [0.1, 0.15) is 11.5 Å². The van der Waals surface area contributed by atoms with Gasteiger partial charge in [0, 0.05) is 28.1 Å². The minimum atomic E-state index is 0.0884. The molecule has 40 heavy (non-hydrogen) atoms. The number of aryl methyl sites for hydroxylation is 2. The molecule has 3 rings (SSSR count). The monoisotopic (exact) mass is 566 g/mol. The number of ether oxygens (including phenoxy) is 2. The molecule has 3 aromatic rings. The van der Waals surface area contributed by atoms with Crippen LogP contribution in [0.15, 0.2) is 53.7 Å². The van der Waals surface area contributed by atoms with Gasteiger partial charge in [-0.1, -0.05) is 5.16 Å². The summed E-state index contributed by atoms with van der Waals surface area (Å²) < 4.78 is 11.8. The van der Waals surface area contributed by atoms with Crippen molar-refractivity contribution in [2.24, 2.45) is 10.9 Å². The molecule has 3 N–H and O–H groups in total. The maximum Gasteiger partial charge on any atom is 0.170 e. The molecule has 0 saturated heterocycles. The summed E-state index contributed by atoms with van der Waals surface area (Å²) in [5.41, 5.74) is 8.53. The van der Waals surface area contributed by atoms with Crippen molar-refractivity contribution in [2.75, 3.05) is 19.8 Å². The number of rotatable bonds is 17. The summed E-state index contributed by atoms with van der Waals surface area (Å²) in [5.74, 6) is 1.75. The number of aromatic nitrogens is 1. The Hall–Kier alpha value is -3.10. The van der Waals surface area contributed by atoms with Gasteiger partial charge in [0.05, 0.1) is 23.9 Å². The van der Waals surface area contributed by atoms with Crippen LogP contribution in [0.1, 0.15) is 75.2 Å². The summed E-state index contributed by atoms with van der Waals surface area (Å²) >= 11 is 1.82. The lowest BCUT2D eigenvalue weighted by atomic mass is 10.1. The Bertz CT molecular complexity index is 1170. The lowest BCUT2D eigenvalue weighted by molar-refractivity contribution is 0.172. The van der Waals surface area contributed by atoms with Crippen LogP contribution in [0.4, 0.5) is 0 Å². The minimum absolute atomic E-state index is 0.0884. The third kappa shape index (κ3) is 9.82. The van der Waals surface area contributed by atoms with E-state index in [-0.39, 0.29) is 5.84 Å². The van der Waals surface area contributed by atoms with Crippen molar-refractivity contribution in [1.82, 2.24) is 9.88 Å². The highest BCUT2D eigenvalue weighted by atomic mass is 32.1. The Morgan fingerprint density at radius 3 is 2.00 bits per heavy atom. The summed E-state index contributed by atoms with van der Waals surface area (Å²) in [6.07, 6.45) is 6.39. The van der Waals surface area contributed by atoms with Crippen molar-refractivity contribution >= 4 is 17.2 Å². The Labute approximate surface area is 244 Å². The molecule has 0 fully saturated rings. The standard InChI is InChI=1S/C32H46N4O3S/c1-23(2)36(24(3)4)20-8-7-11-30-31(34-25(5)40-30)26-12-16-28(17-13-26)38-21-9-6-10-22-39-29-18-14-27(15-19-29)32(33)35-37/h12-19,23-24,37H,6-11,20-22H2,1-5H3,(H2,33,35). The second kappa shape index (κ2) is 16.2. The number of nitrogens with two attached hydrogens (primary N) is 1. The predicted octanol–water partition coefficient (Wildman–Crippen LogP) is 7.28. The zero-order chi connectivity index (χ0) is 28.9. The van der Waals surface area contributed by atoms with Crippen LogP contribution in [0.5, 0.6) is 11.5 Å². The molecular weight excluding hydrogens is 520 g/mol. The second-order valence-electron chi connectivity index (χ2n) is 10.7. The first-order valence-corrected chi connectivity index (χ1v) is 15.3. The molecule has 7 nitrogen and oxygen atoms in total. The van der Waals surface area contributed by atoms with Gasteiger partial charge in [0.25, 0.3) is 0 Å². The van der Waals surface area contributed by atoms with E-state index in [9.17, 15) is 0 Å². The lowest BCUT2D eigenvalue weighted by Crippen LogP contribution is -2.37. The number of nitrogens with zero attached hydrogens (tertiary/aromatic N) is 3. The number of thiazole rings is 1. The Morgan fingerprint density at radius 2 is 1.45 bits per heavy atom. The van der Waals surface area contributed by atoms with Crippen molar-refractivity contribution < 1.29 is 14.7 Å². The van der Waals surface area contributed by atoms with Gasteiger partial charge in [-0.25, -0.2) is 4.98 Å². The van der Waals surface area contributed by atoms with Crippen molar-refractivity contribution in [3.63, 3.8) is 0 Å². The SMILES string of the molecule is Cc1nc(-c2ccc(OCCCCCOc3ccc(C(N)=NO)cc3)cc2)c(CCCCN(C(C)C)C(C)C)s1. The molecule has 0 amide bonds. The molecule has 0 bridgehead atoms. The number of hydrogen-bond donors (Lipinski definition) is 2. The molecule has 0 unspecified atom stereocenters. The number of unbranched alkanes of at least 4 members (excludes halogenated alkanes) is 3. The van der Waals surface area contributed by atoms with Crippen LogP contribution in [0.25, 0.3) is 11.3 Å². The van der Waals surface area contributed by atoms with Gasteiger partial charge in [-0.05, 0) is 128 Å². The molecule has 0 aliphatic heterocycles. The quantitative estimate of drug-likeness (QED) is 0.0586. The van der Waals surface area contributed by atoms with Crippen LogP contribution in [0.2, 0.25) is 0 Å². The van der Waals surface area contributed by atoms with E-state index in [1.54, 1.807) is 12.1 Å². The van der Waals surface area contributed by atoms with Gasteiger partial charge in [0.2, 0.25) is 0 Å². The Morgan fingerprint density at radius 1 is 0.875 bits per heavy atom. The zero-order valence-corrected chi connectivity index (χ0v) is 25.5. The summed E-state index contributed by atoms with van der Waals surface area (Å²) in [7, 11) is 0. The second-order valence-corrected chi connectivity index (χ2v) is 12.0. The molecular formula is C32H46N4O3S. The zero-order valence-electron chi connectivity index (χ0n) is 24.7. The van der Waals surface area contributed by atoms with Crippen LogP contribution >= 0.6 is 11.3 Å². The van der Waals surface area contributed by atoms with Gasteiger partial charge in [-0.3, -0.25) is 4.90 Å². The smallest absolute Gasteiger partial charge is 0.170 e. The average Bonchev–Trinajstić information content (AvgIpc) is 3.32. The summed E-state index contributed by atoms with van der Waals surface area (Å²) in [4.78, 5) is 8.81. The molecule has 218 valence electrons.